The van der Waals surface area contributed by atoms with E-state index in [2.05, 4.69) is 10.3 Å². The van der Waals surface area contributed by atoms with Crippen LogP contribution in [-0.2, 0) is 0 Å². The first kappa shape index (κ1) is 5.88. The van der Waals surface area contributed by atoms with Crippen molar-refractivity contribution in [3.8, 4) is 0 Å². The minimum absolute atomic E-state index is 0.682. The van der Waals surface area contributed by atoms with Crippen LogP contribution in [0.5, 0.6) is 0 Å². The predicted octanol–water partition coefficient (Wildman–Crippen LogP) is 0.706. The summed E-state index contributed by atoms with van der Waals surface area (Å²) in [5, 5.41) is 2.93. The zero-order valence-electron chi connectivity index (χ0n) is 5.26. The fourth-order valence-electron chi connectivity index (χ4n) is 0.594. The number of nitrogens with zero attached hydrogens (tertiary/aromatic N) is 1. The van der Waals surface area contributed by atoms with Crippen LogP contribution in [0.15, 0.2) is 18.5 Å². The molecule has 0 aromatic carbocycles. The van der Waals surface area contributed by atoms with Crippen LogP contribution in [0.2, 0.25) is 0 Å². The molecule has 9 heavy (non-hydrogen) atoms. The fraction of sp³-hybridized carbons (Fsp3) is 0.167. The molecule has 3 nitrogen and oxygen atoms in total. The lowest BCUT2D eigenvalue weighted by molar-refractivity contribution is 1.31. The van der Waals surface area contributed by atoms with Gasteiger partial charge in [0, 0.05) is 13.2 Å². The zero-order valence-corrected chi connectivity index (χ0v) is 5.26. The molecule has 48 valence electrons. The third-order valence-electron chi connectivity index (χ3n) is 1.05. The second-order valence-electron chi connectivity index (χ2n) is 1.76. The van der Waals surface area contributed by atoms with Gasteiger partial charge in [-0.3, -0.25) is 4.98 Å². The predicted molar refractivity (Wildman–Crippen MR) is 38.2 cm³/mol. The molecule has 1 heterocycles. The highest BCUT2D eigenvalue weighted by atomic mass is 14.8. The number of aromatic nitrogens is 1. The van der Waals surface area contributed by atoms with Gasteiger partial charge >= 0.3 is 0 Å². The van der Waals surface area contributed by atoms with Crippen molar-refractivity contribution in [3.63, 3.8) is 0 Å². The van der Waals surface area contributed by atoms with Crippen LogP contribution in [-0.4, -0.2) is 12.0 Å². The third-order valence-corrected chi connectivity index (χ3v) is 1.05. The van der Waals surface area contributed by atoms with Gasteiger partial charge in [-0.05, 0) is 6.07 Å². The molecule has 0 unspecified atom stereocenters. The van der Waals surface area contributed by atoms with Gasteiger partial charge in [-0.1, -0.05) is 0 Å². The van der Waals surface area contributed by atoms with Crippen LogP contribution < -0.4 is 11.1 Å². The molecule has 0 bridgehead atoms. The van der Waals surface area contributed by atoms with Crippen molar-refractivity contribution in [2.45, 2.75) is 0 Å². The Bertz CT molecular complexity index is 197. The molecule has 0 aliphatic heterocycles. The van der Waals surface area contributed by atoms with Gasteiger partial charge in [-0.2, -0.15) is 0 Å². The standard InChI is InChI=1S/C6H9N3/c1-8-6-2-5(7)3-9-4-6/h2-4,8H,7H2,1H3. The van der Waals surface area contributed by atoms with E-state index in [1.807, 2.05) is 13.1 Å². The van der Waals surface area contributed by atoms with E-state index in [1.54, 1.807) is 12.4 Å². The Kier molecular flexibility index (Phi) is 1.53. The molecule has 0 spiro atoms. The summed E-state index contributed by atoms with van der Waals surface area (Å²) in [6.45, 7) is 0. The number of nitrogens with one attached hydrogen (secondary N) is 1. The highest BCUT2D eigenvalue weighted by Crippen LogP contribution is 2.07. The highest BCUT2D eigenvalue weighted by Gasteiger charge is 1.86. The van der Waals surface area contributed by atoms with Crippen LogP contribution >= 0.6 is 0 Å². The third kappa shape index (κ3) is 1.32. The lowest BCUT2D eigenvalue weighted by Gasteiger charge is -1.97. The molecule has 1 aromatic heterocycles. The fourth-order valence-corrected chi connectivity index (χ4v) is 0.594. The molecular formula is C6H9N3. The van der Waals surface area contributed by atoms with Crippen molar-refractivity contribution in [1.82, 2.24) is 4.98 Å². The van der Waals surface area contributed by atoms with Crippen molar-refractivity contribution < 1.29 is 0 Å². The first-order valence-corrected chi connectivity index (χ1v) is 2.71. The van der Waals surface area contributed by atoms with Crippen molar-refractivity contribution >= 4 is 11.4 Å². The van der Waals surface area contributed by atoms with E-state index < -0.39 is 0 Å². The molecule has 3 N–H and O–H groups in total. The van der Waals surface area contributed by atoms with Gasteiger partial charge in [-0.25, -0.2) is 0 Å². The van der Waals surface area contributed by atoms with Crippen LogP contribution in [0, 0.1) is 0 Å². The Labute approximate surface area is 53.9 Å². The highest BCUT2D eigenvalue weighted by molar-refractivity contribution is 5.50. The number of nitrogen functional groups attached to an aromatic ring is 1. The van der Waals surface area contributed by atoms with Crippen molar-refractivity contribution in [2.24, 2.45) is 0 Å². The maximum absolute atomic E-state index is 5.43. The summed E-state index contributed by atoms with van der Waals surface area (Å²) in [7, 11) is 1.83. The monoisotopic (exact) mass is 123 g/mol. The average molecular weight is 123 g/mol. The minimum Gasteiger partial charge on any atom is -0.397 e. The Morgan fingerprint density at radius 1 is 1.56 bits per heavy atom. The van der Waals surface area contributed by atoms with E-state index in [0.717, 1.165) is 5.69 Å². The maximum Gasteiger partial charge on any atom is 0.0544 e. The van der Waals surface area contributed by atoms with Gasteiger partial charge in [0.1, 0.15) is 0 Å². The van der Waals surface area contributed by atoms with Crippen LogP contribution in [0.3, 0.4) is 0 Å². The number of nitrogens with two attached hydrogens (primary N) is 1. The topological polar surface area (TPSA) is 50.9 Å². The SMILES string of the molecule is CNc1cncc(N)c1. The second-order valence-corrected chi connectivity index (χ2v) is 1.76. The van der Waals surface area contributed by atoms with Gasteiger partial charge in [0.2, 0.25) is 0 Å². The molecule has 0 aliphatic rings. The van der Waals surface area contributed by atoms with Crippen molar-refractivity contribution in [1.29, 1.82) is 0 Å². The number of hydrogen-bond donors (Lipinski definition) is 2. The summed E-state index contributed by atoms with van der Waals surface area (Å²) >= 11 is 0. The lowest BCUT2D eigenvalue weighted by atomic mass is 10.4. The van der Waals surface area contributed by atoms with E-state index in [1.165, 1.54) is 0 Å². The average Bonchev–Trinajstić information content (AvgIpc) is 1.88. The van der Waals surface area contributed by atoms with Gasteiger partial charge in [0.05, 0.1) is 17.6 Å². The second kappa shape index (κ2) is 2.35. The zero-order chi connectivity index (χ0) is 6.69. The van der Waals surface area contributed by atoms with Crippen LogP contribution in [0.1, 0.15) is 0 Å². The largest absolute Gasteiger partial charge is 0.397 e. The number of rotatable bonds is 1. The quantitative estimate of drug-likeness (QED) is 0.578. The minimum atomic E-state index is 0.682. The van der Waals surface area contributed by atoms with E-state index in [-0.39, 0.29) is 0 Å². The molecule has 0 amide bonds. The van der Waals surface area contributed by atoms with Gasteiger partial charge in [0.25, 0.3) is 0 Å². The Balaban J connectivity index is 2.94. The molecule has 0 saturated heterocycles. The molecule has 0 radical (unpaired) electrons. The summed E-state index contributed by atoms with van der Waals surface area (Å²) in [4.78, 5) is 3.87. The smallest absolute Gasteiger partial charge is 0.0544 e. The van der Waals surface area contributed by atoms with E-state index in [0.29, 0.717) is 5.69 Å². The summed E-state index contributed by atoms with van der Waals surface area (Å²) in [6, 6.07) is 1.83. The molecule has 0 saturated carbocycles. The molecular weight excluding hydrogens is 114 g/mol. The summed E-state index contributed by atoms with van der Waals surface area (Å²) in [6.07, 6.45) is 3.33. The van der Waals surface area contributed by atoms with Crippen LogP contribution in [0.4, 0.5) is 11.4 Å². The van der Waals surface area contributed by atoms with Crippen LogP contribution in [0.25, 0.3) is 0 Å². The Hall–Kier alpha value is -1.25. The number of pyridine rings is 1. The normalized spacial score (nSPS) is 9.00. The van der Waals surface area contributed by atoms with E-state index in [9.17, 15) is 0 Å². The Morgan fingerprint density at radius 2 is 2.33 bits per heavy atom. The maximum atomic E-state index is 5.43. The van der Waals surface area contributed by atoms with Gasteiger partial charge < -0.3 is 11.1 Å². The molecule has 0 atom stereocenters. The lowest BCUT2D eigenvalue weighted by Crippen LogP contribution is -1.91. The summed E-state index contributed by atoms with van der Waals surface area (Å²) in [5.74, 6) is 0. The van der Waals surface area contributed by atoms with E-state index in [4.69, 9.17) is 5.73 Å². The molecule has 0 aliphatic carbocycles. The summed E-state index contributed by atoms with van der Waals surface area (Å²) < 4.78 is 0. The number of anilines is 2. The van der Waals surface area contributed by atoms with Crippen molar-refractivity contribution in [2.75, 3.05) is 18.1 Å². The number of hydrogen-bond acceptors (Lipinski definition) is 3. The first-order valence-electron chi connectivity index (χ1n) is 2.71. The molecule has 3 heteroatoms. The van der Waals surface area contributed by atoms with E-state index >= 15 is 0 Å². The summed E-state index contributed by atoms with van der Waals surface area (Å²) in [5.41, 5.74) is 7.05. The Morgan fingerprint density at radius 3 is 2.78 bits per heavy atom. The van der Waals surface area contributed by atoms with Gasteiger partial charge in [0.15, 0.2) is 0 Å². The molecule has 1 rings (SSSR count). The van der Waals surface area contributed by atoms with Crippen molar-refractivity contribution in [3.05, 3.63) is 18.5 Å². The van der Waals surface area contributed by atoms with Gasteiger partial charge in [-0.15, -0.1) is 0 Å². The first-order chi connectivity index (χ1) is 4.33. The molecule has 0 fully saturated rings. The molecule has 1 aromatic rings.